The minimum atomic E-state index is 0.658. The van der Waals surface area contributed by atoms with Crippen LogP contribution in [0.2, 0.25) is 0 Å². The Morgan fingerprint density at radius 3 is 1.48 bits per heavy atom. The SMILES string of the molecule is c1cncc(-c2cnc(-c3cccc(-c4ccc5ccc6ccc(-c7ccc(-c8ccc9c%10ccccc%10c%10ccccc%10c9c8)cc7)nc6c5n4)c3)nc2)c1. The Morgan fingerprint density at radius 2 is 0.839 bits per heavy atom. The molecule has 0 aliphatic carbocycles. The molecule has 0 spiro atoms. The van der Waals surface area contributed by atoms with Gasteiger partial charge in [-0.2, -0.15) is 0 Å². The van der Waals surface area contributed by atoms with E-state index in [0.29, 0.717) is 5.82 Å². The predicted octanol–water partition coefficient (Wildman–Crippen LogP) is 12.8. The molecule has 0 aliphatic rings. The van der Waals surface area contributed by atoms with Crippen LogP contribution in [0.25, 0.3) is 110 Å². The standard InChI is InChI=1S/C51H31N5/c1-2-12-43-41(10-1)42-11-3-4-13-44(42)46-28-36(20-23-45(43)46)32-14-16-33(17-15-32)47-24-21-34-18-19-35-22-25-48(56-50(35)49(34)55-47)37-7-5-8-38(27-37)51-53-30-40(31-54-51)39-9-6-26-52-29-39/h1-31H. The van der Waals surface area contributed by atoms with Gasteiger partial charge in [0.25, 0.3) is 0 Å². The number of hydrogen-bond acceptors (Lipinski definition) is 5. The van der Waals surface area contributed by atoms with Crippen molar-refractivity contribution in [1.29, 1.82) is 0 Å². The van der Waals surface area contributed by atoms with Gasteiger partial charge in [0.05, 0.1) is 22.4 Å². The van der Waals surface area contributed by atoms with Crippen molar-refractivity contribution in [3.63, 3.8) is 0 Å². The summed E-state index contributed by atoms with van der Waals surface area (Å²) in [5, 5.41) is 9.77. The summed E-state index contributed by atoms with van der Waals surface area (Å²) < 4.78 is 0. The first-order chi connectivity index (χ1) is 27.7. The summed E-state index contributed by atoms with van der Waals surface area (Å²) in [6, 6.07) is 57.9. The second-order valence-corrected chi connectivity index (χ2v) is 14.1. The van der Waals surface area contributed by atoms with Gasteiger partial charge >= 0.3 is 0 Å². The van der Waals surface area contributed by atoms with Crippen LogP contribution in [0.4, 0.5) is 0 Å². The van der Waals surface area contributed by atoms with Gasteiger partial charge < -0.3 is 0 Å². The van der Waals surface area contributed by atoms with Crippen LogP contribution >= 0.6 is 0 Å². The van der Waals surface area contributed by atoms with Crippen molar-refractivity contribution in [3.05, 3.63) is 189 Å². The lowest BCUT2D eigenvalue weighted by molar-refractivity contribution is 1.17. The monoisotopic (exact) mass is 713 g/mol. The maximum Gasteiger partial charge on any atom is 0.159 e. The number of pyridine rings is 3. The lowest BCUT2D eigenvalue weighted by atomic mass is 9.92. The van der Waals surface area contributed by atoms with Crippen molar-refractivity contribution in [2.24, 2.45) is 0 Å². The first kappa shape index (κ1) is 31.9. The molecule has 0 fully saturated rings. The van der Waals surface area contributed by atoms with E-state index in [0.717, 1.165) is 61.0 Å². The summed E-state index contributed by atoms with van der Waals surface area (Å²) in [4.78, 5) is 24.0. The Morgan fingerprint density at radius 1 is 0.304 bits per heavy atom. The van der Waals surface area contributed by atoms with Crippen molar-refractivity contribution in [2.45, 2.75) is 0 Å². The van der Waals surface area contributed by atoms with E-state index in [2.05, 4.69) is 154 Å². The Kier molecular flexibility index (Phi) is 7.42. The number of fused-ring (bicyclic) bond motifs is 9. The van der Waals surface area contributed by atoms with Crippen molar-refractivity contribution in [3.8, 4) is 56.2 Å². The molecule has 0 saturated heterocycles. The van der Waals surface area contributed by atoms with E-state index in [4.69, 9.17) is 9.97 Å². The molecule has 0 bridgehead atoms. The fourth-order valence-electron chi connectivity index (χ4n) is 7.99. The van der Waals surface area contributed by atoms with Gasteiger partial charge in [-0.15, -0.1) is 0 Å². The molecule has 0 radical (unpaired) electrons. The molecule has 5 nitrogen and oxygen atoms in total. The molecule has 0 aliphatic heterocycles. The topological polar surface area (TPSA) is 64.5 Å². The van der Waals surface area contributed by atoms with E-state index in [1.165, 1.54) is 43.4 Å². The van der Waals surface area contributed by atoms with Crippen molar-refractivity contribution in [2.75, 3.05) is 0 Å². The van der Waals surface area contributed by atoms with Crippen LogP contribution in [0, 0.1) is 0 Å². The van der Waals surface area contributed by atoms with Crippen molar-refractivity contribution >= 4 is 54.1 Å². The van der Waals surface area contributed by atoms with E-state index in [1.807, 2.05) is 42.9 Å². The molecule has 260 valence electrons. The van der Waals surface area contributed by atoms with Crippen LogP contribution < -0.4 is 0 Å². The molecule has 56 heavy (non-hydrogen) atoms. The lowest BCUT2D eigenvalue weighted by Gasteiger charge is -2.12. The summed E-state index contributed by atoms with van der Waals surface area (Å²) in [6.45, 7) is 0. The zero-order chi connectivity index (χ0) is 37.0. The average molecular weight is 714 g/mol. The van der Waals surface area contributed by atoms with Gasteiger partial charge in [0.2, 0.25) is 0 Å². The predicted molar refractivity (Wildman–Crippen MR) is 230 cm³/mol. The second kappa shape index (κ2) is 13.0. The summed E-state index contributed by atoms with van der Waals surface area (Å²) in [7, 11) is 0. The number of nitrogens with zero attached hydrogens (tertiary/aromatic N) is 5. The Labute approximate surface area is 322 Å². The highest BCUT2D eigenvalue weighted by Gasteiger charge is 2.13. The van der Waals surface area contributed by atoms with Gasteiger partial charge in [0.1, 0.15) is 0 Å². The summed E-state index contributed by atoms with van der Waals surface area (Å²) in [5.41, 5.74) is 10.8. The van der Waals surface area contributed by atoms with Gasteiger partial charge in [0.15, 0.2) is 5.82 Å². The second-order valence-electron chi connectivity index (χ2n) is 14.1. The van der Waals surface area contributed by atoms with E-state index < -0.39 is 0 Å². The Hall–Kier alpha value is -7.63. The number of rotatable bonds is 5. The van der Waals surface area contributed by atoms with Crippen LogP contribution in [-0.4, -0.2) is 24.9 Å². The van der Waals surface area contributed by atoms with Gasteiger partial charge in [0, 0.05) is 63.4 Å². The van der Waals surface area contributed by atoms with Gasteiger partial charge in [-0.1, -0.05) is 133 Å². The first-order valence-electron chi connectivity index (χ1n) is 18.7. The number of aromatic nitrogens is 5. The third-order valence-corrected chi connectivity index (χ3v) is 10.8. The van der Waals surface area contributed by atoms with E-state index in [1.54, 1.807) is 6.20 Å². The molecule has 4 heterocycles. The molecule has 11 aromatic rings. The fourth-order valence-corrected chi connectivity index (χ4v) is 7.99. The maximum absolute atomic E-state index is 5.23. The van der Waals surface area contributed by atoms with Gasteiger partial charge in [-0.05, 0) is 73.8 Å². The maximum atomic E-state index is 5.23. The van der Waals surface area contributed by atoms with E-state index >= 15 is 0 Å². The smallest absolute Gasteiger partial charge is 0.159 e. The van der Waals surface area contributed by atoms with Crippen LogP contribution in [0.3, 0.4) is 0 Å². The fraction of sp³-hybridized carbons (Fsp3) is 0. The molecule has 0 atom stereocenters. The zero-order valence-corrected chi connectivity index (χ0v) is 30.1. The molecule has 0 saturated carbocycles. The molecule has 7 aromatic carbocycles. The molecular formula is C51H31N5. The summed E-state index contributed by atoms with van der Waals surface area (Å²) in [5.74, 6) is 0.658. The van der Waals surface area contributed by atoms with Gasteiger partial charge in [-0.25, -0.2) is 19.9 Å². The Bertz CT molecular complexity index is 3250. The van der Waals surface area contributed by atoms with Crippen LogP contribution in [0.5, 0.6) is 0 Å². The highest BCUT2D eigenvalue weighted by molar-refractivity contribution is 6.25. The van der Waals surface area contributed by atoms with Crippen molar-refractivity contribution in [1.82, 2.24) is 24.9 Å². The van der Waals surface area contributed by atoms with Crippen LogP contribution in [-0.2, 0) is 0 Å². The average Bonchev–Trinajstić information content (AvgIpc) is 3.29. The highest BCUT2D eigenvalue weighted by atomic mass is 14.9. The lowest BCUT2D eigenvalue weighted by Crippen LogP contribution is -1.93. The van der Waals surface area contributed by atoms with Gasteiger partial charge in [-0.3, -0.25) is 4.98 Å². The minimum Gasteiger partial charge on any atom is -0.264 e. The largest absolute Gasteiger partial charge is 0.264 e. The van der Waals surface area contributed by atoms with Crippen LogP contribution in [0.15, 0.2) is 189 Å². The van der Waals surface area contributed by atoms with Crippen molar-refractivity contribution < 1.29 is 0 Å². The molecule has 11 rings (SSSR count). The Balaban J connectivity index is 0.930. The van der Waals surface area contributed by atoms with Crippen LogP contribution in [0.1, 0.15) is 0 Å². The summed E-state index contributed by atoms with van der Waals surface area (Å²) in [6.07, 6.45) is 7.26. The third kappa shape index (κ3) is 5.45. The quantitative estimate of drug-likeness (QED) is 0.166. The zero-order valence-electron chi connectivity index (χ0n) is 30.1. The third-order valence-electron chi connectivity index (χ3n) is 10.8. The molecule has 0 unspecified atom stereocenters. The molecule has 0 N–H and O–H groups in total. The summed E-state index contributed by atoms with van der Waals surface area (Å²) >= 11 is 0. The van der Waals surface area contributed by atoms with E-state index in [-0.39, 0.29) is 0 Å². The molecule has 4 aromatic heterocycles. The first-order valence-corrected chi connectivity index (χ1v) is 18.7. The normalized spacial score (nSPS) is 11.6. The van der Waals surface area contributed by atoms with E-state index in [9.17, 15) is 0 Å². The number of hydrogen-bond donors (Lipinski definition) is 0. The molecular weight excluding hydrogens is 683 g/mol. The highest BCUT2D eigenvalue weighted by Crippen LogP contribution is 2.38. The molecule has 0 amide bonds. The molecule has 5 heteroatoms. The minimum absolute atomic E-state index is 0.658. The number of benzene rings is 7.